The molecule has 0 atom stereocenters. The minimum absolute atomic E-state index is 0.212. The number of benzene rings is 2. The van der Waals surface area contributed by atoms with Gasteiger partial charge in [-0.05, 0) is 37.1 Å². The lowest BCUT2D eigenvalue weighted by Crippen LogP contribution is -2.10. The molecule has 0 fully saturated rings. The van der Waals surface area contributed by atoms with Crippen molar-refractivity contribution >= 4 is 17.5 Å². The second-order valence-corrected chi connectivity index (χ2v) is 5.49. The van der Waals surface area contributed by atoms with Gasteiger partial charge in [0.25, 0.3) is 0 Å². The lowest BCUT2D eigenvalue weighted by atomic mass is 10.1. The molecular weight excluding hydrogens is 333 g/mol. The molecule has 2 aromatic carbocycles. The predicted octanol–water partition coefficient (Wildman–Crippen LogP) is 3.81. The van der Waals surface area contributed by atoms with Gasteiger partial charge in [-0.15, -0.1) is 5.10 Å². The van der Waals surface area contributed by atoms with Gasteiger partial charge in [-0.25, -0.2) is 4.39 Å². The molecule has 0 radical (unpaired) electrons. The van der Waals surface area contributed by atoms with Gasteiger partial charge < -0.3 is 15.4 Å². The molecule has 0 saturated carbocycles. The van der Waals surface area contributed by atoms with E-state index in [2.05, 4.69) is 25.8 Å². The van der Waals surface area contributed by atoms with Crippen LogP contribution in [0.25, 0.3) is 0 Å². The fraction of sp³-hybridized carbons (Fsp3) is 0.211. The van der Waals surface area contributed by atoms with Crippen molar-refractivity contribution in [3.05, 3.63) is 66.1 Å². The standard InChI is InChI=1S/C19H20FN5O/c1-2-26-17-10-6-5-9-16(17)23-18-13-22-25-19(24-18)21-12-11-14-7-3-4-8-15(14)20/h3-10,13H,2,11-12H2,1H3,(H2,21,23,24,25). The molecule has 0 saturated heterocycles. The SMILES string of the molecule is CCOc1ccccc1Nc1cnnc(NCCc2ccccc2F)n1. The van der Waals surface area contributed by atoms with Gasteiger partial charge in [-0.2, -0.15) is 10.1 Å². The van der Waals surface area contributed by atoms with E-state index in [-0.39, 0.29) is 5.82 Å². The van der Waals surface area contributed by atoms with Crippen LogP contribution in [0, 0.1) is 5.82 Å². The maximum absolute atomic E-state index is 13.6. The van der Waals surface area contributed by atoms with Crippen LogP contribution in [0.1, 0.15) is 12.5 Å². The van der Waals surface area contributed by atoms with Crippen LogP contribution in [0.15, 0.2) is 54.7 Å². The zero-order valence-electron chi connectivity index (χ0n) is 14.4. The summed E-state index contributed by atoms with van der Waals surface area (Å²) in [7, 11) is 0. The highest BCUT2D eigenvalue weighted by molar-refractivity contribution is 5.63. The smallest absolute Gasteiger partial charge is 0.244 e. The summed E-state index contributed by atoms with van der Waals surface area (Å²) in [5.41, 5.74) is 1.44. The molecular formula is C19H20FN5O. The van der Waals surface area contributed by atoms with Gasteiger partial charge in [0.2, 0.25) is 5.95 Å². The van der Waals surface area contributed by atoms with Crippen molar-refractivity contribution in [2.24, 2.45) is 0 Å². The molecule has 0 spiro atoms. The number of hydrogen-bond donors (Lipinski definition) is 2. The van der Waals surface area contributed by atoms with Gasteiger partial charge in [0, 0.05) is 6.54 Å². The lowest BCUT2D eigenvalue weighted by Gasteiger charge is -2.12. The molecule has 134 valence electrons. The van der Waals surface area contributed by atoms with E-state index < -0.39 is 0 Å². The van der Waals surface area contributed by atoms with Crippen LogP contribution in [0.5, 0.6) is 5.75 Å². The third-order valence-electron chi connectivity index (χ3n) is 3.64. The van der Waals surface area contributed by atoms with Gasteiger partial charge in [0.05, 0.1) is 18.5 Å². The maximum Gasteiger partial charge on any atom is 0.244 e. The Kier molecular flexibility index (Phi) is 5.92. The van der Waals surface area contributed by atoms with Crippen molar-refractivity contribution < 1.29 is 9.13 Å². The largest absolute Gasteiger partial charge is 0.492 e. The molecule has 7 heteroatoms. The normalized spacial score (nSPS) is 10.4. The summed E-state index contributed by atoms with van der Waals surface area (Å²) in [5, 5.41) is 14.1. The first kappa shape index (κ1) is 17.6. The van der Waals surface area contributed by atoms with Crippen LogP contribution >= 0.6 is 0 Å². The van der Waals surface area contributed by atoms with E-state index in [0.717, 1.165) is 11.4 Å². The quantitative estimate of drug-likeness (QED) is 0.642. The molecule has 1 aromatic heterocycles. The van der Waals surface area contributed by atoms with Crippen LogP contribution < -0.4 is 15.4 Å². The number of rotatable bonds is 8. The zero-order valence-corrected chi connectivity index (χ0v) is 14.4. The lowest BCUT2D eigenvalue weighted by molar-refractivity contribution is 0.342. The van der Waals surface area contributed by atoms with Gasteiger partial charge in [-0.1, -0.05) is 30.3 Å². The zero-order chi connectivity index (χ0) is 18.2. The Labute approximate surface area is 151 Å². The van der Waals surface area contributed by atoms with Crippen LogP contribution in [-0.4, -0.2) is 28.3 Å². The maximum atomic E-state index is 13.6. The Morgan fingerprint density at radius 2 is 1.88 bits per heavy atom. The number of nitrogens with zero attached hydrogens (tertiary/aromatic N) is 3. The van der Waals surface area contributed by atoms with Crippen LogP contribution in [-0.2, 0) is 6.42 Å². The first-order valence-corrected chi connectivity index (χ1v) is 8.42. The van der Waals surface area contributed by atoms with E-state index in [4.69, 9.17) is 4.74 Å². The fourth-order valence-electron chi connectivity index (χ4n) is 2.44. The fourth-order valence-corrected chi connectivity index (χ4v) is 2.44. The molecule has 1 heterocycles. The molecule has 26 heavy (non-hydrogen) atoms. The summed E-state index contributed by atoms with van der Waals surface area (Å²) in [4.78, 5) is 4.38. The second kappa shape index (κ2) is 8.75. The summed E-state index contributed by atoms with van der Waals surface area (Å²) >= 11 is 0. The summed E-state index contributed by atoms with van der Waals surface area (Å²) in [6.45, 7) is 3.01. The Balaban J connectivity index is 1.62. The topological polar surface area (TPSA) is 72.0 Å². The van der Waals surface area contributed by atoms with Gasteiger partial charge >= 0.3 is 0 Å². The van der Waals surface area contributed by atoms with Crippen molar-refractivity contribution in [3.63, 3.8) is 0 Å². The summed E-state index contributed by atoms with van der Waals surface area (Å²) < 4.78 is 19.2. The molecule has 0 amide bonds. The molecule has 0 aliphatic heterocycles. The molecule has 0 aliphatic rings. The van der Waals surface area contributed by atoms with Crippen molar-refractivity contribution in [2.45, 2.75) is 13.3 Å². The highest BCUT2D eigenvalue weighted by Gasteiger charge is 2.06. The Hall–Kier alpha value is -3.22. The molecule has 3 rings (SSSR count). The number of hydrogen-bond acceptors (Lipinski definition) is 6. The minimum atomic E-state index is -0.212. The summed E-state index contributed by atoms with van der Waals surface area (Å²) in [6, 6.07) is 14.3. The number of ether oxygens (including phenoxy) is 1. The Morgan fingerprint density at radius 1 is 1.08 bits per heavy atom. The average Bonchev–Trinajstić information content (AvgIpc) is 2.66. The summed E-state index contributed by atoms with van der Waals surface area (Å²) in [6.07, 6.45) is 2.06. The molecule has 0 bridgehead atoms. The third kappa shape index (κ3) is 4.66. The first-order valence-electron chi connectivity index (χ1n) is 8.42. The number of nitrogens with one attached hydrogen (secondary N) is 2. The highest BCUT2D eigenvalue weighted by atomic mass is 19.1. The van der Waals surface area contributed by atoms with Crippen LogP contribution in [0.3, 0.4) is 0 Å². The highest BCUT2D eigenvalue weighted by Crippen LogP contribution is 2.26. The van der Waals surface area contributed by atoms with Crippen LogP contribution in [0.4, 0.5) is 21.8 Å². The number of para-hydroxylation sites is 2. The molecule has 0 unspecified atom stereocenters. The monoisotopic (exact) mass is 353 g/mol. The molecule has 0 aliphatic carbocycles. The predicted molar refractivity (Wildman–Crippen MR) is 99.3 cm³/mol. The Bertz CT molecular complexity index is 859. The molecule has 3 aromatic rings. The van der Waals surface area contributed by atoms with E-state index in [0.29, 0.717) is 36.9 Å². The van der Waals surface area contributed by atoms with E-state index in [1.54, 1.807) is 12.1 Å². The number of anilines is 3. The Morgan fingerprint density at radius 3 is 2.73 bits per heavy atom. The minimum Gasteiger partial charge on any atom is -0.492 e. The van der Waals surface area contributed by atoms with E-state index >= 15 is 0 Å². The van der Waals surface area contributed by atoms with Crippen LogP contribution in [0.2, 0.25) is 0 Å². The van der Waals surface area contributed by atoms with Crippen molar-refractivity contribution in [1.29, 1.82) is 0 Å². The molecule has 2 N–H and O–H groups in total. The van der Waals surface area contributed by atoms with Gasteiger partial charge in [0.15, 0.2) is 5.82 Å². The van der Waals surface area contributed by atoms with Crippen molar-refractivity contribution in [2.75, 3.05) is 23.8 Å². The van der Waals surface area contributed by atoms with E-state index in [1.807, 2.05) is 37.3 Å². The number of halogens is 1. The second-order valence-electron chi connectivity index (χ2n) is 5.49. The van der Waals surface area contributed by atoms with E-state index in [9.17, 15) is 4.39 Å². The average molecular weight is 353 g/mol. The third-order valence-corrected chi connectivity index (χ3v) is 3.64. The number of aromatic nitrogens is 3. The summed E-state index contributed by atoms with van der Waals surface area (Å²) in [5.74, 6) is 1.44. The van der Waals surface area contributed by atoms with Crippen molar-refractivity contribution in [1.82, 2.24) is 15.2 Å². The molecule has 6 nitrogen and oxygen atoms in total. The first-order chi connectivity index (χ1) is 12.8. The van der Waals surface area contributed by atoms with Gasteiger partial charge in [0.1, 0.15) is 11.6 Å². The van der Waals surface area contributed by atoms with Crippen molar-refractivity contribution in [3.8, 4) is 5.75 Å². The van der Waals surface area contributed by atoms with Gasteiger partial charge in [-0.3, -0.25) is 0 Å². The van der Waals surface area contributed by atoms with E-state index in [1.165, 1.54) is 12.3 Å².